The summed E-state index contributed by atoms with van der Waals surface area (Å²) in [5.41, 5.74) is 0. The molecular formula is C5H14N2O4S2. The molecule has 0 aliphatic carbocycles. The summed E-state index contributed by atoms with van der Waals surface area (Å²) in [5, 5.41) is 0. The van der Waals surface area contributed by atoms with Crippen LogP contribution in [0.25, 0.3) is 0 Å². The molecule has 0 aromatic rings. The summed E-state index contributed by atoms with van der Waals surface area (Å²) in [4.78, 5) is 0. The van der Waals surface area contributed by atoms with Gasteiger partial charge in [0, 0.05) is 13.1 Å². The summed E-state index contributed by atoms with van der Waals surface area (Å²) in [6, 6.07) is 0. The van der Waals surface area contributed by atoms with Gasteiger partial charge in [-0.3, -0.25) is 0 Å². The number of nitrogens with one attached hydrogen (secondary N) is 2. The smallest absolute Gasteiger partial charge is 0.208 e. The molecule has 0 fully saturated rings. The first-order valence-corrected chi connectivity index (χ1v) is 7.38. The summed E-state index contributed by atoms with van der Waals surface area (Å²) in [6.07, 6.45) is 2.54. The van der Waals surface area contributed by atoms with Gasteiger partial charge in [-0.15, -0.1) is 0 Å². The van der Waals surface area contributed by atoms with Crippen molar-refractivity contribution in [1.29, 1.82) is 0 Å². The molecule has 0 bridgehead atoms. The second kappa shape index (κ2) is 4.89. The van der Waals surface area contributed by atoms with Crippen molar-refractivity contribution in [2.45, 2.75) is 6.42 Å². The van der Waals surface area contributed by atoms with Crippen molar-refractivity contribution in [3.8, 4) is 0 Å². The van der Waals surface area contributed by atoms with Gasteiger partial charge in [-0.2, -0.15) is 0 Å². The van der Waals surface area contributed by atoms with Gasteiger partial charge in [-0.05, 0) is 6.42 Å². The second-order valence-electron chi connectivity index (χ2n) is 2.69. The van der Waals surface area contributed by atoms with Gasteiger partial charge >= 0.3 is 0 Å². The van der Waals surface area contributed by atoms with Crippen LogP contribution in [-0.2, 0) is 20.0 Å². The summed E-state index contributed by atoms with van der Waals surface area (Å²) in [6.45, 7) is 0.475. The molecule has 8 heteroatoms. The standard InChI is InChI=1S/C5H14N2O4S2/c1-12(8,9)6-4-3-5-7-13(2,10)11/h6-7H,3-5H2,1-2H3. The third kappa shape index (κ3) is 11.8. The highest BCUT2D eigenvalue weighted by Crippen LogP contribution is 1.80. The molecule has 0 amide bonds. The molecule has 0 radical (unpaired) electrons. The topological polar surface area (TPSA) is 92.3 Å². The van der Waals surface area contributed by atoms with E-state index in [-0.39, 0.29) is 13.1 Å². The zero-order valence-corrected chi connectivity index (χ0v) is 9.20. The quantitative estimate of drug-likeness (QED) is 0.542. The molecule has 0 unspecified atom stereocenters. The lowest BCUT2D eigenvalue weighted by Gasteiger charge is -2.02. The van der Waals surface area contributed by atoms with Crippen molar-refractivity contribution in [3.63, 3.8) is 0 Å². The Balaban J connectivity index is 3.50. The van der Waals surface area contributed by atoms with Crippen molar-refractivity contribution >= 4 is 20.0 Å². The van der Waals surface area contributed by atoms with Crippen LogP contribution >= 0.6 is 0 Å². The molecule has 0 rings (SSSR count). The fourth-order valence-electron chi connectivity index (χ4n) is 0.604. The lowest BCUT2D eigenvalue weighted by Crippen LogP contribution is -2.28. The SMILES string of the molecule is CS(=O)(=O)NCCCNS(C)(=O)=O. The predicted octanol–water partition coefficient (Wildman–Crippen LogP) is -1.53. The lowest BCUT2D eigenvalue weighted by atomic mass is 10.4. The van der Waals surface area contributed by atoms with E-state index in [0.717, 1.165) is 12.5 Å². The minimum absolute atomic E-state index is 0.237. The van der Waals surface area contributed by atoms with E-state index in [1.165, 1.54) is 0 Å². The molecule has 0 aromatic carbocycles. The lowest BCUT2D eigenvalue weighted by molar-refractivity contribution is 0.578. The van der Waals surface area contributed by atoms with Gasteiger partial charge in [0.25, 0.3) is 0 Å². The van der Waals surface area contributed by atoms with Gasteiger partial charge in [0.1, 0.15) is 0 Å². The number of rotatable bonds is 6. The van der Waals surface area contributed by atoms with Crippen LogP contribution in [-0.4, -0.2) is 42.4 Å². The molecule has 0 saturated heterocycles. The maximum absolute atomic E-state index is 10.5. The molecular weight excluding hydrogens is 216 g/mol. The molecule has 6 nitrogen and oxygen atoms in total. The van der Waals surface area contributed by atoms with Gasteiger partial charge in [-0.25, -0.2) is 26.3 Å². The molecule has 13 heavy (non-hydrogen) atoms. The van der Waals surface area contributed by atoms with E-state index in [1.54, 1.807) is 0 Å². The molecule has 2 N–H and O–H groups in total. The van der Waals surface area contributed by atoms with Gasteiger partial charge in [-0.1, -0.05) is 0 Å². The van der Waals surface area contributed by atoms with Crippen LogP contribution in [0.15, 0.2) is 0 Å². The van der Waals surface area contributed by atoms with Crippen molar-refractivity contribution in [1.82, 2.24) is 9.44 Å². The molecule has 0 heterocycles. The zero-order chi connectivity index (χ0) is 10.5. The van der Waals surface area contributed by atoms with Gasteiger partial charge in [0.05, 0.1) is 12.5 Å². The Hall–Kier alpha value is -0.180. The molecule has 0 atom stereocenters. The Labute approximate surface area is 78.8 Å². The van der Waals surface area contributed by atoms with E-state index < -0.39 is 20.0 Å². The largest absolute Gasteiger partial charge is 0.215 e. The average molecular weight is 230 g/mol. The van der Waals surface area contributed by atoms with E-state index in [1.807, 2.05) is 0 Å². The minimum Gasteiger partial charge on any atom is -0.215 e. The van der Waals surface area contributed by atoms with E-state index in [9.17, 15) is 16.8 Å². The molecule has 80 valence electrons. The Kier molecular flexibility index (Phi) is 4.82. The fraction of sp³-hybridized carbons (Fsp3) is 1.00. The minimum atomic E-state index is -3.17. The normalized spacial score (nSPS) is 13.1. The first kappa shape index (κ1) is 12.8. The van der Waals surface area contributed by atoms with Crippen LogP contribution < -0.4 is 9.44 Å². The van der Waals surface area contributed by atoms with Crippen molar-refractivity contribution in [3.05, 3.63) is 0 Å². The Morgan fingerprint density at radius 2 is 1.15 bits per heavy atom. The maximum atomic E-state index is 10.5. The highest BCUT2D eigenvalue weighted by Gasteiger charge is 2.01. The van der Waals surface area contributed by atoms with Crippen LogP contribution in [0, 0.1) is 0 Å². The zero-order valence-electron chi connectivity index (χ0n) is 7.57. The second-order valence-corrected chi connectivity index (χ2v) is 6.35. The van der Waals surface area contributed by atoms with Gasteiger partial charge in [0.15, 0.2) is 0 Å². The molecule has 0 saturated carbocycles. The van der Waals surface area contributed by atoms with Gasteiger partial charge in [0.2, 0.25) is 20.0 Å². The van der Waals surface area contributed by atoms with E-state index >= 15 is 0 Å². The van der Waals surface area contributed by atoms with Crippen LogP contribution in [0.4, 0.5) is 0 Å². The number of sulfonamides is 2. The fourth-order valence-corrected chi connectivity index (χ4v) is 1.63. The van der Waals surface area contributed by atoms with Crippen LogP contribution in [0.1, 0.15) is 6.42 Å². The molecule has 0 aliphatic heterocycles. The molecule has 0 spiro atoms. The van der Waals surface area contributed by atoms with Crippen molar-refractivity contribution in [2.24, 2.45) is 0 Å². The van der Waals surface area contributed by atoms with Gasteiger partial charge < -0.3 is 0 Å². The Morgan fingerprint density at radius 1 is 0.846 bits per heavy atom. The van der Waals surface area contributed by atoms with E-state index in [4.69, 9.17) is 0 Å². The Bertz CT molecular complexity index is 298. The van der Waals surface area contributed by atoms with Crippen LogP contribution in [0.3, 0.4) is 0 Å². The summed E-state index contributed by atoms with van der Waals surface area (Å²) in [5.74, 6) is 0. The Morgan fingerprint density at radius 3 is 1.38 bits per heavy atom. The third-order valence-corrected chi connectivity index (χ3v) is 2.54. The third-order valence-electron chi connectivity index (χ3n) is 1.08. The number of hydrogen-bond donors (Lipinski definition) is 2. The van der Waals surface area contributed by atoms with Crippen LogP contribution in [0.5, 0.6) is 0 Å². The highest BCUT2D eigenvalue weighted by atomic mass is 32.2. The first-order chi connectivity index (χ1) is 5.71. The van der Waals surface area contributed by atoms with E-state index in [0.29, 0.717) is 6.42 Å². The monoisotopic (exact) mass is 230 g/mol. The molecule has 0 aliphatic rings. The van der Waals surface area contributed by atoms with Crippen molar-refractivity contribution < 1.29 is 16.8 Å². The highest BCUT2D eigenvalue weighted by molar-refractivity contribution is 7.89. The summed E-state index contributed by atoms with van der Waals surface area (Å²) < 4.78 is 46.7. The average Bonchev–Trinajstić information content (AvgIpc) is 1.81. The van der Waals surface area contributed by atoms with Crippen LogP contribution in [0.2, 0.25) is 0 Å². The maximum Gasteiger partial charge on any atom is 0.208 e. The predicted molar refractivity (Wildman–Crippen MR) is 50.3 cm³/mol. The summed E-state index contributed by atoms with van der Waals surface area (Å²) in [7, 11) is -6.33. The first-order valence-electron chi connectivity index (χ1n) is 3.60. The number of hydrogen-bond acceptors (Lipinski definition) is 4. The summed E-state index contributed by atoms with van der Waals surface area (Å²) >= 11 is 0. The van der Waals surface area contributed by atoms with Crippen molar-refractivity contribution in [2.75, 3.05) is 25.6 Å². The van der Waals surface area contributed by atoms with E-state index in [2.05, 4.69) is 9.44 Å². The molecule has 0 aromatic heterocycles.